The van der Waals surface area contributed by atoms with Gasteiger partial charge in [-0.25, -0.2) is 4.39 Å². The van der Waals surface area contributed by atoms with Gasteiger partial charge in [0.2, 0.25) is 0 Å². The van der Waals surface area contributed by atoms with Crippen molar-refractivity contribution >= 4 is 17.6 Å². The van der Waals surface area contributed by atoms with Gasteiger partial charge in [-0.2, -0.15) is 0 Å². The zero-order valence-corrected chi connectivity index (χ0v) is 11.0. The van der Waals surface area contributed by atoms with E-state index < -0.39 is 24.2 Å². The predicted molar refractivity (Wildman–Crippen MR) is 71.7 cm³/mol. The zero-order valence-electron chi connectivity index (χ0n) is 11.0. The van der Waals surface area contributed by atoms with Crippen molar-refractivity contribution in [3.8, 4) is 0 Å². The van der Waals surface area contributed by atoms with Crippen LogP contribution in [0.4, 0.5) is 10.1 Å². The molecular formula is C14H17FN2O3. The third-order valence-electron chi connectivity index (χ3n) is 3.56. The lowest BCUT2D eigenvalue weighted by Gasteiger charge is -2.27. The van der Waals surface area contributed by atoms with E-state index in [9.17, 15) is 14.0 Å². The number of rotatable bonds is 4. The highest BCUT2D eigenvalue weighted by Gasteiger charge is 2.30. The second-order valence-electron chi connectivity index (χ2n) is 5.00. The molecule has 1 saturated carbocycles. The maximum atomic E-state index is 13.8. The molecule has 1 aromatic carbocycles. The fourth-order valence-electron chi connectivity index (χ4n) is 2.59. The number of anilines is 1. The smallest absolute Gasteiger partial charge is 0.323 e. The van der Waals surface area contributed by atoms with E-state index in [-0.39, 0.29) is 17.3 Å². The van der Waals surface area contributed by atoms with Crippen molar-refractivity contribution in [2.45, 2.75) is 31.7 Å². The van der Waals surface area contributed by atoms with E-state index in [4.69, 9.17) is 10.8 Å². The lowest BCUT2D eigenvalue weighted by molar-refractivity contribution is -0.138. The molecule has 0 unspecified atom stereocenters. The van der Waals surface area contributed by atoms with Gasteiger partial charge < -0.3 is 15.7 Å². The highest BCUT2D eigenvalue weighted by molar-refractivity contribution is 5.96. The van der Waals surface area contributed by atoms with Crippen LogP contribution in [0.1, 0.15) is 36.0 Å². The lowest BCUT2D eigenvalue weighted by atomic mass is 10.1. The van der Waals surface area contributed by atoms with Crippen molar-refractivity contribution in [1.29, 1.82) is 0 Å². The van der Waals surface area contributed by atoms with Crippen LogP contribution in [0.2, 0.25) is 0 Å². The molecule has 1 amide bonds. The Balaban J connectivity index is 2.27. The molecule has 108 valence electrons. The van der Waals surface area contributed by atoms with Crippen molar-refractivity contribution in [1.82, 2.24) is 4.90 Å². The first-order valence-electron chi connectivity index (χ1n) is 6.57. The van der Waals surface area contributed by atoms with Gasteiger partial charge in [0.25, 0.3) is 5.91 Å². The van der Waals surface area contributed by atoms with Crippen LogP contribution in [0.25, 0.3) is 0 Å². The highest BCUT2D eigenvalue weighted by Crippen LogP contribution is 2.25. The second kappa shape index (κ2) is 5.90. The molecule has 0 atom stereocenters. The largest absolute Gasteiger partial charge is 0.480 e. The van der Waals surface area contributed by atoms with Crippen molar-refractivity contribution in [3.63, 3.8) is 0 Å². The Kier molecular flexibility index (Phi) is 4.22. The van der Waals surface area contributed by atoms with Gasteiger partial charge in [-0.3, -0.25) is 9.59 Å². The molecule has 0 saturated heterocycles. The van der Waals surface area contributed by atoms with E-state index in [0.717, 1.165) is 31.7 Å². The van der Waals surface area contributed by atoms with E-state index in [1.54, 1.807) is 0 Å². The predicted octanol–water partition coefficient (Wildman–Crippen LogP) is 1.88. The van der Waals surface area contributed by atoms with E-state index in [1.807, 2.05) is 0 Å². The van der Waals surface area contributed by atoms with Gasteiger partial charge in [-0.15, -0.1) is 0 Å². The average Bonchev–Trinajstić information content (AvgIpc) is 2.88. The molecule has 0 heterocycles. The Morgan fingerprint density at radius 2 is 2.00 bits per heavy atom. The van der Waals surface area contributed by atoms with Crippen LogP contribution in [0.5, 0.6) is 0 Å². The minimum atomic E-state index is -1.10. The third kappa shape index (κ3) is 3.07. The molecule has 6 heteroatoms. The van der Waals surface area contributed by atoms with Gasteiger partial charge in [0.15, 0.2) is 0 Å². The standard InChI is InChI=1S/C14H17FN2O3/c15-12-7-9(16)5-6-11(12)14(20)17(8-13(18)19)10-3-1-2-4-10/h5-7,10H,1-4,8,16H2,(H,18,19). The summed E-state index contributed by atoms with van der Waals surface area (Å²) < 4.78 is 13.8. The Morgan fingerprint density at radius 1 is 1.35 bits per heavy atom. The Labute approximate surface area is 116 Å². The van der Waals surface area contributed by atoms with Crippen molar-refractivity contribution in [2.24, 2.45) is 0 Å². The molecule has 0 bridgehead atoms. The third-order valence-corrected chi connectivity index (χ3v) is 3.56. The maximum absolute atomic E-state index is 13.8. The average molecular weight is 280 g/mol. The summed E-state index contributed by atoms with van der Waals surface area (Å²) in [5, 5.41) is 8.95. The van der Waals surface area contributed by atoms with Crippen LogP contribution in [-0.2, 0) is 4.79 Å². The number of carbonyl (C=O) groups is 2. The first-order chi connectivity index (χ1) is 9.49. The number of nitrogens with zero attached hydrogens (tertiary/aromatic N) is 1. The molecule has 5 nitrogen and oxygen atoms in total. The number of amides is 1. The quantitative estimate of drug-likeness (QED) is 0.825. The van der Waals surface area contributed by atoms with Crippen LogP contribution in [-0.4, -0.2) is 34.5 Å². The van der Waals surface area contributed by atoms with Gasteiger partial charge in [0, 0.05) is 11.7 Å². The summed E-state index contributed by atoms with van der Waals surface area (Å²) >= 11 is 0. The van der Waals surface area contributed by atoms with Gasteiger partial charge in [0.05, 0.1) is 5.56 Å². The molecule has 1 aliphatic carbocycles. The second-order valence-corrected chi connectivity index (χ2v) is 5.00. The normalized spacial score (nSPS) is 15.2. The molecule has 1 aliphatic rings. The number of carboxylic acids is 1. The number of hydrogen-bond donors (Lipinski definition) is 2. The number of benzene rings is 1. The van der Waals surface area contributed by atoms with Gasteiger partial charge in [-0.05, 0) is 31.0 Å². The summed E-state index contributed by atoms with van der Waals surface area (Å²) in [5.74, 6) is -2.40. The van der Waals surface area contributed by atoms with Crippen LogP contribution < -0.4 is 5.73 Å². The SMILES string of the molecule is Nc1ccc(C(=O)N(CC(=O)O)C2CCCC2)c(F)c1. The topological polar surface area (TPSA) is 83.6 Å². The first kappa shape index (κ1) is 14.3. The van der Waals surface area contributed by atoms with Crippen molar-refractivity contribution < 1.29 is 19.1 Å². The fraction of sp³-hybridized carbons (Fsp3) is 0.429. The number of hydrogen-bond acceptors (Lipinski definition) is 3. The molecule has 1 aromatic rings. The number of carboxylic acid groups (broad SMARTS) is 1. The molecule has 0 radical (unpaired) electrons. The molecule has 1 fully saturated rings. The van der Waals surface area contributed by atoms with E-state index in [0.29, 0.717) is 0 Å². The van der Waals surface area contributed by atoms with Crippen molar-refractivity contribution in [3.05, 3.63) is 29.6 Å². The summed E-state index contributed by atoms with van der Waals surface area (Å²) in [6.07, 6.45) is 3.43. The number of nitrogen functional groups attached to an aromatic ring is 1. The van der Waals surface area contributed by atoms with E-state index >= 15 is 0 Å². The number of halogens is 1. The highest BCUT2D eigenvalue weighted by atomic mass is 19.1. The molecule has 3 N–H and O–H groups in total. The molecule has 0 aliphatic heterocycles. The molecule has 2 rings (SSSR count). The molecule has 0 aromatic heterocycles. The summed E-state index contributed by atoms with van der Waals surface area (Å²) in [6.45, 7) is -0.409. The van der Waals surface area contributed by atoms with Crippen molar-refractivity contribution in [2.75, 3.05) is 12.3 Å². The van der Waals surface area contributed by atoms with Crippen LogP contribution in [0, 0.1) is 5.82 Å². The van der Waals surface area contributed by atoms with Crippen LogP contribution in [0.3, 0.4) is 0 Å². The molecule has 20 heavy (non-hydrogen) atoms. The van der Waals surface area contributed by atoms with E-state index in [1.165, 1.54) is 17.0 Å². The minimum absolute atomic E-state index is 0.129. The van der Waals surface area contributed by atoms with E-state index in [2.05, 4.69) is 0 Å². The summed E-state index contributed by atoms with van der Waals surface area (Å²) in [4.78, 5) is 24.6. The number of nitrogens with two attached hydrogens (primary N) is 1. The summed E-state index contributed by atoms with van der Waals surface area (Å²) in [5.41, 5.74) is 5.54. The number of aliphatic carboxylic acids is 1. The van der Waals surface area contributed by atoms with Crippen LogP contribution in [0.15, 0.2) is 18.2 Å². The zero-order chi connectivity index (χ0) is 14.7. The minimum Gasteiger partial charge on any atom is -0.480 e. The lowest BCUT2D eigenvalue weighted by Crippen LogP contribution is -2.42. The maximum Gasteiger partial charge on any atom is 0.323 e. The Hall–Kier alpha value is -2.11. The summed E-state index contributed by atoms with van der Waals surface area (Å²) in [6, 6.07) is 3.68. The molecular weight excluding hydrogens is 263 g/mol. The van der Waals surface area contributed by atoms with Gasteiger partial charge in [-0.1, -0.05) is 12.8 Å². The van der Waals surface area contributed by atoms with Crippen LogP contribution >= 0.6 is 0 Å². The molecule has 0 spiro atoms. The Morgan fingerprint density at radius 3 is 2.55 bits per heavy atom. The first-order valence-corrected chi connectivity index (χ1v) is 6.57. The van der Waals surface area contributed by atoms with Gasteiger partial charge >= 0.3 is 5.97 Å². The van der Waals surface area contributed by atoms with Gasteiger partial charge in [0.1, 0.15) is 12.4 Å². The number of carbonyl (C=O) groups excluding carboxylic acids is 1. The monoisotopic (exact) mass is 280 g/mol. The fourth-order valence-corrected chi connectivity index (χ4v) is 2.59. The summed E-state index contributed by atoms with van der Waals surface area (Å²) in [7, 11) is 0. The Bertz CT molecular complexity index is 527.